The molecule has 0 aromatic carbocycles. The molecule has 0 aromatic rings. The highest BCUT2D eigenvalue weighted by atomic mass is 16.3. The van der Waals surface area contributed by atoms with Crippen LogP contribution in [0.4, 0.5) is 0 Å². The quantitative estimate of drug-likeness (QED) is 0.489. The number of aliphatic hydroxyl groups is 1. The van der Waals surface area contributed by atoms with E-state index in [2.05, 4.69) is 46.4 Å². The van der Waals surface area contributed by atoms with Gasteiger partial charge >= 0.3 is 0 Å². The van der Waals surface area contributed by atoms with Crippen LogP contribution in [-0.2, 0) is 4.79 Å². The van der Waals surface area contributed by atoms with Crippen molar-refractivity contribution in [1.29, 1.82) is 0 Å². The van der Waals surface area contributed by atoms with Gasteiger partial charge in [-0.05, 0) is 50.3 Å². The number of rotatable bonds is 4. The summed E-state index contributed by atoms with van der Waals surface area (Å²) in [6.45, 7) is 6.04. The summed E-state index contributed by atoms with van der Waals surface area (Å²) in [7, 11) is 0. The molecular formula is C19H27N5O2. The number of hydrogen-bond acceptors (Lipinski definition) is 6. The second-order valence-corrected chi connectivity index (χ2v) is 8.09. The largest absolute Gasteiger partial charge is 0.395 e. The molecule has 1 aliphatic carbocycles. The molecule has 0 aromatic heterocycles. The zero-order valence-electron chi connectivity index (χ0n) is 15.4. The minimum Gasteiger partial charge on any atom is -0.395 e. The third-order valence-electron chi connectivity index (χ3n) is 5.43. The highest BCUT2D eigenvalue weighted by Gasteiger charge is 2.38. The second kappa shape index (κ2) is 6.26. The number of allylic oxidation sites excluding steroid dienone is 2. The summed E-state index contributed by atoms with van der Waals surface area (Å²) >= 11 is 0. The topological polar surface area (TPSA) is 88.7 Å². The van der Waals surface area contributed by atoms with Crippen molar-refractivity contribution < 1.29 is 9.90 Å². The van der Waals surface area contributed by atoms with Gasteiger partial charge in [-0.2, -0.15) is 0 Å². The van der Waals surface area contributed by atoms with Crippen molar-refractivity contribution in [3.8, 4) is 0 Å². The Bertz CT molecular complexity index is 736. The lowest BCUT2D eigenvalue weighted by Gasteiger charge is -2.40. The maximum Gasteiger partial charge on any atom is 0.234 e. The Morgan fingerprint density at radius 1 is 1.38 bits per heavy atom. The van der Waals surface area contributed by atoms with Crippen LogP contribution >= 0.6 is 0 Å². The third-order valence-corrected chi connectivity index (χ3v) is 5.43. The van der Waals surface area contributed by atoms with Crippen LogP contribution < -0.4 is 21.3 Å². The molecule has 0 bridgehead atoms. The average molecular weight is 357 g/mol. The van der Waals surface area contributed by atoms with E-state index >= 15 is 0 Å². The number of hydrogen-bond donors (Lipinski definition) is 5. The summed E-state index contributed by atoms with van der Waals surface area (Å²) in [6.07, 6.45) is 10.9. The first kappa shape index (κ1) is 17.3. The van der Waals surface area contributed by atoms with Crippen LogP contribution in [0, 0.1) is 11.3 Å². The fraction of sp³-hybridized carbons (Fsp3) is 0.526. The number of carbonyl (C=O) groups excluding carboxylic acids is 1. The molecule has 26 heavy (non-hydrogen) atoms. The van der Waals surface area contributed by atoms with Crippen molar-refractivity contribution in [1.82, 2.24) is 26.2 Å². The molecule has 0 saturated carbocycles. The first-order chi connectivity index (χ1) is 12.4. The van der Waals surface area contributed by atoms with E-state index in [1.807, 2.05) is 12.4 Å². The van der Waals surface area contributed by atoms with E-state index in [1.165, 1.54) is 0 Å². The van der Waals surface area contributed by atoms with Gasteiger partial charge in [-0.1, -0.05) is 6.08 Å². The molecule has 4 aliphatic rings. The Labute approximate surface area is 153 Å². The van der Waals surface area contributed by atoms with Crippen LogP contribution in [0.1, 0.15) is 20.8 Å². The molecule has 4 atom stereocenters. The van der Waals surface area contributed by atoms with Gasteiger partial charge in [0.15, 0.2) is 0 Å². The zero-order valence-corrected chi connectivity index (χ0v) is 15.4. The Morgan fingerprint density at radius 3 is 2.92 bits per heavy atom. The summed E-state index contributed by atoms with van der Waals surface area (Å²) < 4.78 is 0. The maximum absolute atomic E-state index is 12.5. The van der Waals surface area contributed by atoms with Crippen molar-refractivity contribution >= 4 is 5.91 Å². The van der Waals surface area contributed by atoms with E-state index in [9.17, 15) is 9.90 Å². The SMILES string of the molecule is CC1NC2NC=CC2C(NC2=CC3=CN(C(=O)C(C)(C)CO)CC3=C2)N1. The van der Waals surface area contributed by atoms with Gasteiger partial charge in [-0.15, -0.1) is 0 Å². The molecule has 140 valence electrons. The van der Waals surface area contributed by atoms with Crippen LogP contribution in [0.5, 0.6) is 0 Å². The molecule has 4 unspecified atom stereocenters. The van der Waals surface area contributed by atoms with Crippen LogP contribution in [-0.4, -0.2) is 47.6 Å². The molecule has 1 fully saturated rings. The Kier molecular flexibility index (Phi) is 4.17. The van der Waals surface area contributed by atoms with Crippen LogP contribution in [0.2, 0.25) is 0 Å². The van der Waals surface area contributed by atoms with Gasteiger partial charge in [-0.3, -0.25) is 15.4 Å². The fourth-order valence-electron chi connectivity index (χ4n) is 3.87. The minimum absolute atomic E-state index is 0.0513. The number of fused-ring (bicyclic) bond motifs is 2. The standard InChI is InChI=1S/C19H27N5O2/c1-11-21-16-15(4-5-20-16)17(22-11)23-14-6-12-8-24(9-13(12)7-14)18(26)19(2,3)10-25/h4-8,11,15-17,20-23,25H,9-10H2,1-3H3. The lowest BCUT2D eigenvalue weighted by molar-refractivity contribution is -0.138. The van der Waals surface area contributed by atoms with E-state index in [0.29, 0.717) is 12.5 Å². The van der Waals surface area contributed by atoms with Crippen molar-refractivity contribution in [3.05, 3.63) is 47.5 Å². The molecule has 3 heterocycles. The van der Waals surface area contributed by atoms with E-state index < -0.39 is 5.41 Å². The molecule has 1 saturated heterocycles. The van der Waals surface area contributed by atoms with Crippen molar-refractivity contribution in [2.45, 2.75) is 39.3 Å². The highest BCUT2D eigenvalue weighted by molar-refractivity contribution is 5.85. The maximum atomic E-state index is 12.5. The summed E-state index contributed by atoms with van der Waals surface area (Å²) in [5, 5.41) is 23.4. The van der Waals surface area contributed by atoms with Crippen molar-refractivity contribution in [2.75, 3.05) is 13.2 Å². The molecule has 3 aliphatic heterocycles. The predicted octanol–water partition coefficient (Wildman–Crippen LogP) is 0.0686. The third kappa shape index (κ3) is 2.96. The summed E-state index contributed by atoms with van der Waals surface area (Å²) in [5.74, 6) is 0.271. The van der Waals surface area contributed by atoms with Gasteiger partial charge in [-0.25, -0.2) is 0 Å². The lowest BCUT2D eigenvalue weighted by atomic mass is 9.93. The summed E-state index contributed by atoms with van der Waals surface area (Å²) in [4.78, 5) is 14.2. The Hall–Kier alpha value is -2.09. The van der Waals surface area contributed by atoms with Gasteiger partial charge in [0, 0.05) is 17.8 Å². The predicted molar refractivity (Wildman–Crippen MR) is 99.0 cm³/mol. The molecule has 7 nitrogen and oxygen atoms in total. The monoisotopic (exact) mass is 357 g/mol. The van der Waals surface area contributed by atoms with E-state index in [0.717, 1.165) is 16.8 Å². The Balaban J connectivity index is 1.45. The summed E-state index contributed by atoms with van der Waals surface area (Å²) in [6, 6.07) is 0. The normalized spacial score (nSPS) is 32.5. The molecule has 0 radical (unpaired) electrons. The van der Waals surface area contributed by atoms with E-state index in [4.69, 9.17) is 0 Å². The number of amides is 1. The second-order valence-electron chi connectivity index (χ2n) is 8.09. The molecule has 0 spiro atoms. The summed E-state index contributed by atoms with van der Waals surface area (Å²) in [5.41, 5.74) is 2.50. The molecule has 5 N–H and O–H groups in total. The molecule has 4 rings (SSSR count). The first-order valence-electron chi connectivity index (χ1n) is 9.15. The van der Waals surface area contributed by atoms with Crippen LogP contribution in [0.25, 0.3) is 0 Å². The zero-order chi connectivity index (χ0) is 18.5. The van der Waals surface area contributed by atoms with Crippen molar-refractivity contribution in [3.63, 3.8) is 0 Å². The van der Waals surface area contributed by atoms with E-state index in [-0.39, 0.29) is 31.0 Å². The van der Waals surface area contributed by atoms with Crippen LogP contribution in [0.3, 0.4) is 0 Å². The molecule has 1 amide bonds. The highest BCUT2D eigenvalue weighted by Crippen LogP contribution is 2.32. The number of carbonyl (C=O) groups is 1. The average Bonchev–Trinajstić information content (AvgIpc) is 3.28. The number of aliphatic hydroxyl groups excluding tert-OH is 1. The van der Waals surface area contributed by atoms with Crippen LogP contribution in [0.15, 0.2) is 47.5 Å². The molecular weight excluding hydrogens is 330 g/mol. The van der Waals surface area contributed by atoms with Gasteiger partial charge in [0.05, 0.1) is 37.1 Å². The van der Waals surface area contributed by atoms with Gasteiger partial charge in [0.2, 0.25) is 5.91 Å². The van der Waals surface area contributed by atoms with E-state index in [1.54, 1.807) is 18.7 Å². The fourth-order valence-corrected chi connectivity index (χ4v) is 3.87. The number of nitrogens with zero attached hydrogens (tertiary/aromatic N) is 1. The lowest BCUT2D eigenvalue weighted by Crippen LogP contribution is -2.67. The van der Waals surface area contributed by atoms with Gasteiger partial charge in [0.1, 0.15) is 0 Å². The molecule has 7 heteroatoms. The van der Waals surface area contributed by atoms with Crippen molar-refractivity contribution in [2.24, 2.45) is 11.3 Å². The minimum atomic E-state index is -0.757. The first-order valence-corrected chi connectivity index (χ1v) is 9.15. The number of nitrogens with one attached hydrogen (secondary N) is 4. The Morgan fingerprint density at radius 2 is 2.19 bits per heavy atom. The van der Waals surface area contributed by atoms with Gasteiger partial charge in [0.25, 0.3) is 0 Å². The smallest absolute Gasteiger partial charge is 0.234 e. The van der Waals surface area contributed by atoms with Gasteiger partial charge < -0.3 is 20.6 Å².